The molecule has 1 rings (SSSR count). The number of nitrogen functional groups attached to an aromatic ring is 1. The van der Waals surface area contributed by atoms with E-state index in [1.807, 2.05) is 26.0 Å². The minimum atomic E-state index is -0.443. The molecule has 0 fully saturated rings. The van der Waals surface area contributed by atoms with Crippen LogP contribution in [-0.2, 0) is 4.79 Å². The van der Waals surface area contributed by atoms with Gasteiger partial charge in [-0.25, -0.2) is 4.79 Å². The van der Waals surface area contributed by atoms with E-state index in [0.717, 1.165) is 16.9 Å². The Morgan fingerprint density at radius 1 is 1.37 bits per heavy atom. The molecule has 0 heterocycles. The van der Waals surface area contributed by atoms with Gasteiger partial charge in [0.1, 0.15) is 0 Å². The number of nitrogens with one attached hydrogen (secondary N) is 2. The van der Waals surface area contributed by atoms with Gasteiger partial charge in [0.2, 0.25) is 5.91 Å². The summed E-state index contributed by atoms with van der Waals surface area (Å²) in [5.74, 6) is -0.112. The molecule has 19 heavy (non-hydrogen) atoms. The van der Waals surface area contributed by atoms with Crippen molar-refractivity contribution in [1.82, 2.24) is 10.6 Å². The second-order valence-corrected chi connectivity index (χ2v) is 5.13. The molecule has 0 aliphatic rings. The summed E-state index contributed by atoms with van der Waals surface area (Å²) in [7, 11) is 0. The third-order valence-electron chi connectivity index (χ3n) is 2.35. The topological polar surface area (TPSA) is 84.2 Å². The number of thioether (sulfide) groups is 1. The summed E-state index contributed by atoms with van der Waals surface area (Å²) >= 11 is 1.38. The standard InChI is InChI=1S/C13H19N3O2S/c1-3-6-15-13(18)16-12(17)8-19-11-5-4-10(14)7-9(11)2/h4-5,7H,3,6,8,14H2,1-2H3,(H2,15,16,17,18). The fraction of sp³-hybridized carbons (Fsp3) is 0.385. The first-order valence-electron chi connectivity index (χ1n) is 6.09. The molecule has 104 valence electrons. The maximum atomic E-state index is 11.6. The zero-order valence-electron chi connectivity index (χ0n) is 11.2. The Kier molecular flexibility index (Phi) is 6.21. The number of hydrogen-bond acceptors (Lipinski definition) is 4. The van der Waals surface area contributed by atoms with Crippen LogP contribution in [0, 0.1) is 6.92 Å². The highest BCUT2D eigenvalue weighted by Crippen LogP contribution is 2.23. The smallest absolute Gasteiger partial charge is 0.321 e. The maximum absolute atomic E-state index is 11.6. The number of aryl methyl sites for hydroxylation is 1. The zero-order chi connectivity index (χ0) is 14.3. The van der Waals surface area contributed by atoms with Crippen molar-refractivity contribution in [3.63, 3.8) is 0 Å². The Morgan fingerprint density at radius 3 is 2.74 bits per heavy atom. The first-order chi connectivity index (χ1) is 9.02. The van der Waals surface area contributed by atoms with Crippen molar-refractivity contribution in [3.05, 3.63) is 23.8 Å². The molecular weight excluding hydrogens is 262 g/mol. The summed E-state index contributed by atoms with van der Waals surface area (Å²) in [6.45, 7) is 4.44. The molecule has 0 spiro atoms. The van der Waals surface area contributed by atoms with Gasteiger partial charge in [0, 0.05) is 17.1 Å². The lowest BCUT2D eigenvalue weighted by Gasteiger charge is -2.07. The van der Waals surface area contributed by atoms with E-state index in [2.05, 4.69) is 10.6 Å². The largest absolute Gasteiger partial charge is 0.399 e. The molecule has 6 heteroatoms. The van der Waals surface area contributed by atoms with E-state index < -0.39 is 6.03 Å². The van der Waals surface area contributed by atoms with E-state index in [1.54, 1.807) is 6.07 Å². The number of carbonyl (C=O) groups excluding carboxylic acids is 2. The Morgan fingerprint density at radius 2 is 2.11 bits per heavy atom. The summed E-state index contributed by atoms with van der Waals surface area (Å²) in [5.41, 5.74) is 7.38. The van der Waals surface area contributed by atoms with E-state index in [-0.39, 0.29) is 11.7 Å². The Labute approximate surface area is 117 Å². The number of urea groups is 1. The molecule has 0 radical (unpaired) electrons. The Hall–Kier alpha value is -1.69. The van der Waals surface area contributed by atoms with Gasteiger partial charge >= 0.3 is 6.03 Å². The van der Waals surface area contributed by atoms with E-state index in [9.17, 15) is 9.59 Å². The first kappa shape index (κ1) is 15.4. The summed E-state index contributed by atoms with van der Waals surface area (Å²) in [6.07, 6.45) is 0.834. The van der Waals surface area contributed by atoms with Crippen LogP contribution < -0.4 is 16.4 Å². The van der Waals surface area contributed by atoms with Crippen molar-refractivity contribution in [1.29, 1.82) is 0 Å². The van der Waals surface area contributed by atoms with E-state index in [0.29, 0.717) is 12.2 Å². The molecule has 3 amide bonds. The molecule has 0 bridgehead atoms. The van der Waals surface area contributed by atoms with E-state index in [4.69, 9.17) is 5.73 Å². The molecule has 0 unspecified atom stereocenters. The van der Waals surface area contributed by atoms with Crippen LogP contribution in [0.5, 0.6) is 0 Å². The SMILES string of the molecule is CCCNC(=O)NC(=O)CSc1ccc(N)cc1C. The van der Waals surface area contributed by atoms with Crippen molar-refractivity contribution in [2.24, 2.45) is 0 Å². The first-order valence-corrected chi connectivity index (χ1v) is 7.08. The predicted octanol–water partition coefficient (Wildman–Crippen LogP) is 1.91. The molecule has 0 aliphatic carbocycles. The Balaban J connectivity index is 2.39. The second-order valence-electron chi connectivity index (χ2n) is 4.12. The van der Waals surface area contributed by atoms with Gasteiger partial charge in [-0.1, -0.05) is 6.92 Å². The minimum absolute atomic E-state index is 0.199. The summed E-state index contributed by atoms with van der Waals surface area (Å²) in [6, 6.07) is 5.08. The van der Waals surface area contributed by atoms with Gasteiger partial charge in [0.05, 0.1) is 5.75 Å². The lowest BCUT2D eigenvalue weighted by Crippen LogP contribution is -2.40. The molecule has 0 saturated carbocycles. The third kappa shape index (κ3) is 5.65. The summed E-state index contributed by atoms with van der Waals surface area (Å²) in [5, 5.41) is 4.86. The van der Waals surface area contributed by atoms with Gasteiger partial charge in [-0.3, -0.25) is 10.1 Å². The van der Waals surface area contributed by atoms with Crippen LogP contribution >= 0.6 is 11.8 Å². The molecule has 1 aromatic carbocycles. The third-order valence-corrected chi connectivity index (χ3v) is 3.52. The van der Waals surface area contributed by atoms with Crippen molar-refractivity contribution >= 4 is 29.4 Å². The van der Waals surface area contributed by atoms with Crippen LogP contribution in [0.2, 0.25) is 0 Å². The number of benzene rings is 1. The number of carbonyl (C=O) groups is 2. The lowest BCUT2D eigenvalue weighted by molar-refractivity contribution is -0.117. The number of anilines is 1. The van der Waals surface area contributed by atoms with Crippen LogP contribution in [0.15, 0.2) is 23.1 Å². The van der Waals surface area contributed by atoms with Gasteiger partial charge in [-0.2, -0.15) is 0 Å². The van der Waals surface area contributed by atoms with E-state index in [1.165, 1.54) is 11.8 Å². The van der Waals surface area contributed by atoms with Gasteiger partial charge in [-0.05, 0) is 37.1 Å². The normalized spacial score (nSPS) is 10.0. The molecule has 1 aromatic rings. The minimum Gasteiger partial charge on any atom is -0.399 e. The molecule has 5 nitrogen and oxygen atoms in total. The number of rotatable bonds is 5. The highest BCUT2D eigenvalue weighted by molar-refractivity contribution is 8.00. The van der Waals surface area contributed by atoms with Crippen LogP contribution in [0.4, 0.5) is 10.5 Å². The monoisotopic (exact) mass is 281 g/mol. The van der Waals surface area contributed by atoms with Gasteiger partial charge < -0.3 is 11.1 Å². The van der Waals surface area contributed by atoms with Crippen molar-refractivity contribution in [2.75, 3.05) is 18.0 Å². The molecular formula is C13H19N3O2S. The molecule has 0 atom stereocenters. The fourth-order valence-electron chi connectivity index (χ4n) is 1.42. The van der Waals surface area contributed by atoms with E-state index >= 15 is 0 Å². The fourth-order valence-corrected chi connectivity index (χ4v) is 2.23. The highest BCUT2D eigenvalue weighted by atomic mass is 32.2. The van der Waals surface area contributed by atoms with Crippen LogP contribution in [0.3, 0.4) is 0 Å². The molecule has 0 saturated heterocycles. The van der Waals surface area contributed by atoms with Crippen molar-refractivity contribution < 1.29 is 9.59 Å². The maximum Gasteiger partial charge on any atom is 0.321 e. The van der Waals surface area contributed by atoms with Gasteiger partial charge in [-0.15, -0.1) is 11.8 Å². The number of hydrogen-bond donors (Lipinski definition) is 3. The lowest BCUT2D eigenvalue weighted by atomic mass is 10.2. The summed E-state index contributed by atoms with van der Waals surface area (Å²) in [4.78, 5) is 23.8. The second kappa shape index (κ2) is 7.68. The number of amides is 3. The highest BCUT2D eigenvalue weighted by Gasteiger charge is 2.08. The average molecular weight is 281 g/mol. The molecule has 0 aromatic heterocycles. The van der Waals surface area contributed by atoms with Crippen LogP contribution in [0.1, 0.15) is 18.9 Å². The molecule has 0 aliphatic heterocycles. The number of nitrogens with two attached hydrogens (primary N) is 1. The zero-order valence-corrected chi connectivity index (χ0v) is 12.0. The van der Waals surface area contributed by atoms with Crippen LogP contribution in [-0.4, -0.2) is 24.2 Å². The summed E-state index contributed by atoms with van der Waals surface area (Å²) < 4.78 is 0. The molecule has 4 N–H and O–H groups in total. The Bertz CT molecular complexity index is 463. The predicted molar refractivity (Wildman–Crippen MR) is 78.1 cm³/mol. The van der Waals surface area contributed by atoms with Crippen LogP contribution in [0.25, 0.3) is 0 Å². The van der Waals surface area contributed by atoms with Gasteiger partial charge in [0.25, 0.3) is 0 Å². The number of imide groups is 1. The van der Waals surface area contributed by atoms with Crippen molar-refractivity contribution in [2.45, 2.75) is 25.2 Å². The van der Waals surface area contributed by atoms with Gasteiger partial charge in [0.15, 0.2) is 0 Å². The quantitative estimate of drug-likeness (QED) is 0.568. The van der Waals surface area contributed by atoms with Crippen molar-refractivity contribution in [3.8, 4) is 0 Å². The average Bonchev–Trinajstić information content (AvgIpc) is 2.35.